The molecule has 0 aliphatic carbocycles. The maximum atomic E-state index is 12.0. The maximum Gasteiger partial charge on any atom is 0.240 e. The van der Waals surface area contributed by atoms with Crippen LogP contribution in [0.4, 0.5) is 0 Å². The highest BCUT2D eigenvalue weighted by Gasteiger charge is 2.12. The van der Waals surface area contributed by atoms with Crippen molar-refractivity contribution in [3.63, 3.8) is 0 Å². The van der Waals surface area contributed by atoms with E-state index in [2.05, 4.69) is 10.0 Å². The van der Waals surface area contributed by atoms with E-state index < -0.39 is 16.1 Å². The molecule has 0 aliphatic rings. The molecule has 0 saturated carbocycles. The smallest absolute Gasteiger partial charge is 0.240 e. The molecule has 1 atom stereocenters. The third-order valence-electron chi connectivity index (χ3n) is 3.21. The van der Waals surface area contributed by atoms with E-state index in [1.54, 1.807) is 30.3 Å². The topological polar surface area (TPSA) is 87.7 Å². The van der Waals surface area contributed by atoms with Gasteiger partial charge in [0.1, 0.15) is 18.5 Å². The third-order valence-corrected chi connectivity index (χ3v) is 4.69. The number of sulfonamides is 1. The fraction of sp³-hybridized carbons (Fsp3) is 0.294. The van der Waals surface area contributed by atoms with Crippen LogP contribution in [0.25, 0.3) is 0 Å². The van der Waals surface area contributed by atoms with E-state index >= 15 is 0 Å². The number of benzene rings is 2. The van der Waals surface area contributed by atoms with Gasteiger partial charge in [-0.25, -0.2) is 13.1 Å². The fourth-order valence-electron chi connectivity index (χ4n) is 1.99. The summed E-state index contributed by atoms with van der Waals surface area (Å²) in [4.78, 5) is 0.237. The van der Waals surface area contributed by atoms with Gasteiger partial charge in [0.05, 0.1) is 4.90 Å². The van der Waals surface area contributed by atoms with Gasteiger partial charge in [-0.2, -0.15) is 0 Å². The van der Waals surface area contributed by atoms with Gasteiger partial charge < -0.3 is 15.2 Å². The molecule has 0 fully saturated rings. The van der Waals surface area contributed by atoms with Gasteiger partial charge in [-0.1, -0.05) is 36.4 Å². The summed E-state index contributed by atoms with van der Waals surface area (Å²) in [7, 11) is -3.48. The molecule has 0 aromatic heterocycles. The molecule has 0 heterocycles. The third kappa shape index (κ3) is 6.29. The Morgan fingerprint density at radius 2 is 1.58 bits per heavy atom. The highest BCUT2D eigenvalue weighted by atomic mass is 32.2. The standard InChI is InChI=1S/C17H22N2O4S/c20-15(14-23-16-7-3-1-4-8-16)13-18-11-12-19-24(21,22)17-9-5-2-6-10-17/h1-10,15,18-20H,11-14H2/t15-/m0/s1. The predicted molar refractivity (Wildman–Crippen MR) is 92.4 cm³/mol. The largest absolute Gasteiger partial charge is 0.491 e. The molecule has 6 nitrogen and oxygen atoms in total. The highest BCUT2D eigenvalue weighted by molar-refractivity contribution is 7.89. The first-order valence-electron chi connectivity index (χ1n) is 7.69. The second-order valence-corrected chi connectivity index (χ2v) is 6.96. The summed E-state index contributed by atoms with van der Waals surface area (Å²) in [5.41, 5.74) is 0. The van der Waals surface area contributed by atoms with Gasteiger partial charge in [0.2, 0.25) is 10.0 Å². The monoisotopic (exact) mass is 350 g/mol. The second-order valence-electron chi connectivity index (χ2n) is 5.19. The van der Waals surface area contributed by atoms with Crippen LogP contribution < -0.4 is 14.8 Å². The molecular weight excluding hydrogens is 328 g/mol. The van der Waals surface area contributed by atoms with Gasteiger partial charge in [-0.05, 0) is 24.3 Å². The fourth-order valence-corrected chi connectivity index (χ4v) is 3.05. The lowest BCUT2D eigenvalue weighted by Crippen LogP contribution is -2.37. The lowest BCUT2D eigenvalue weighted by Gasteiger charge is -2.13. The van der Waals surface area contributed by atoms with Crippen molar-refractivity contribution in [1.82, 2.24) is 10.0 Å². The van der Waals surface area contributed by atoms with Crippen LogP contribution in [0.2, 0.25) is 0 Å². The summed E-state index contributed by atoms with van der Waals surface area (Å²) in [5.74, 6) is 0.701. The Kier molecular flexibility index (Phi) is 7.20. The van der Waals surface area contributed by atoms with Crippen LogP contribution in [0.15, 0.2) is 65.6 Å². The maximum absolute atomic E-state index is 12.0. The molecule has 0 radical (unpaired) electrons. The Morgan fingerprint density at radius 1 is 0.958 bits per heavy atom. The van der Waals surface area contributed by atoms with Crippen molar-refractivity contribution >= 4 is 10.0 Å². The minimum absolute atomic E-state index is 0.173. The van der Waals surface area contributed by atoms with Crippen molar-refractivity contribution in [2.45, 2.75) is 11.0 Å². The molecule has 3 N–H and O–H groups in total. The summed E-state index contributed by atoms with van der Waals surface area (Å²) in [6.07, 6.45) is -0.670. The average Bonchev–Trinajstić information content (AvgIpc) is 2.61. The van der Waals surface area contributed by atoms with Crippen LogP contribution in [-0.2, 0) is 10.0 Å². The van der Waals surface area contributed by atoms with Gasteiger partial charge in [-0.3, -0.25) is 0 Å². The van der Waals surface area contributed by atoms with Crippen LogP contribution in [0, 0.1) is 0 Å². The second kappa shape index (κ2) is 9.39. The molecule has 0 aliphatic heterocycles. The van der Waals surface area contributed by atoms with Crippen molar-refractivity contribution in [1.29, 1.82) is 0 Å². The molecular formula is C17H22N2O4S. The summed E-state index contributed by atoms with van der Waals surface area (Å²) in [6, 6.07) is 17.4. The molecule has 24 heavy (non-hydrogen) atoms. The SMILES string of the molecule is O=S(=O)(NCCNC[C@H](O)COc1ccccc1)c1ccccc1. The molecule has 0 amide bonds. The predicted octanol–water partition coefficient (Wildman–Crippen LogP) is 0.994. The molecule has 0 unspecified atom stereocenters. The lowest BCUT2D eigenvalue weighted by atomic mass is 10.3. The molecule has 0 saturated heterocycles. The van der Waals surface area contributed by atoms with E-state index in [1.807, 2.05) is 30.3 Å². The van der Waals surface area contributed by atoms with Crippen LogP contribution in [0.5, 0.6) is 5.75 Å². The minimum atomic E-state index is -3.48. The van der Waals surface area contributed by atoms with Gasteiger partial charge in [0.25, 0.3) is 0 Å². The minimum Gasteiger partial charge on any atom is -0.491 e. The van der Waals surface area contributed by atoms with Crippen LogP contribution in [-0.4, -0.2) is 45.9 Å². The molecule has 2 aromatic rings. The van der Waals surface area contributed by atoms with Crippen molar-refractivity contribution in [2.75, 3.05) is 26.2 Å². The molecule has 0 spiro atoms. The Labute approximate surface area is 142 Å². The van der Waals surface area contributed by atoms with Gasteiger partial charge in [-0.15, -0.1) is 0 Å². The highest BCUT2D eigenvalue weighted by Crippen LogP contribution is 2.08. The number of rotatable bonds is 10. The van der Waals surface area contributed by atoms with E-state index in [1.165, 1.54) is 0 Å². The zero-order chi connectivity index (χ0) is 17.3. The molecule has 2 aromatic carbocycles. The van der Waals surface area contributed by atoms with E-state index in [-0.39, 0.29) is 18.0 Å². The van der Waals surface area contributed by atoms with Crippen molar-refractivity contribution in [2.24, 2.45) is 0 Å². The van der Waals surface area contributed by atoms with Crippen LogP contribution in [0.1, 0.15) is 0 Å². The number of nitrogens with one attached hydrogen (secondary N) is 2. The molecule has 130 valence electrons. The number of aliphatic hydroxyl groups excluding tert-OH is 1. The Hall–Kier alpha value is -1.93. The summed E-state index contributed by atoms with van der Waals surface area (Å²) in [6.45, 7) is 1.14. The Balaban J connectivity index is 1.61. The quantitative estimate of drug-likeness (QED) is 0.556. The Bertz CT molecular complexity index is 693. The van der Waals surface area contributed by atoms with E-state index in [0.717, 1.165) is 0 Å². The number of hydrogen-bond acceptors (Lipinski definition) is 5. The van der Waals surface area contributed by atoms with Crippen molar-refractivity contribution in [3.8, 4) is 5.75 Å². The first kappa shape index (κ1) is 18.4. The van der Waals surface area contributed by atoms with E-state index in [4.69, 9.17) is 4.74 Å². The van der Waals surface area contributed by atoms with Crippen molar-refractivity contribution < 1.29 is 18.3 Å². The summed E-state index contributed by atoms with van der Waals surface area (Å²) >= 11 is 0. The van der Waals surface area contributed by atoms with Crippen LogP contribution >= 0.6 is 0 Å². The van der Waals surface area contributed by atoms with Gasteiger partial charge in [0, 0.05) is 19.6 Å². The van der Waals surface area contributed by atoms with E-state index in [9.17, 15) is 13.5 Å². The number of para-hydroxylation sites is 1. The molecule has 2 rings (SSSR count). The zero-order valence-corrected chi connectivity index (χ0v) is 14.1. The molecule has 0 bridgehead atoms. The first-order chi connectivity index (χ1) is 11.6. The van der Waals surface area contributed by atoms with Gasteiger partial charge >= 0.3 is 0 Å². The zero-order valence-electron chi connectivity index (χ0n) is 13.3. The summed E-state index contributed by atoms with van der Waals surface area (Å²) < 4.78 is 31.9. The first-order valence-corrected chi connectivity index (χ1v) is 9.17. The number of aliphatic hydroxyl groups is 1. The van der Waals surface area contributed by atoms with E-state index in [0.29, 0.717) is 18.8 Å². The van der Waals surface area contributed by atoms with Gasteiger partial charge in [0.15, 0.2) is 0 Å². The summed E-state index contributed by atoms with van der Waals surface area (Å²) in [5, 5.41) is 12.8. The Morgan fingerprint density at radius 3 is 2.25 bits per heavy atom. The lowest BCUT2D eigenvalue weighted by molar-refractivity contribution is 0.107. The number of hydrogen-bond donors (Lipinski definition) is 3. The average molecular weight is 350 g/mol. The number of ether oxygens (including phenoxy) is 1. The molecule has 7 heteroatoms. The van der Waals surface area contributed by atoms with Crippen molar-refractivity contribution in [3.05, 3.63) is 60.7 Å². The normalized spacial score (nSPS) is 12.7. The van der Waals surface area contributed by atoms with Crippen LogP contribution in [0.3, 0.4) is 0 Å².